The van der Waals surface area contributed by atoms with Gasteiger partial charge in [-0.2, -0.15) is 0 Å². The van der Waals surface area contributed by atoms with Crippen molar-refractivity contribution in [2.24, 2.45) is 0 Å². The van der Waals surface area contributed by atoms with E-state index in [4.69, 9.17) is 9.72 Å². The lowest BCUT2D eigenvalue weighted by Gasteiger charge is -2.18. The number of nitrogens with zero attached hydrogens (tertiary/aromatic N) is 7. The summed E-state index contributed by atoms with van der Waals surface area (Å²) < 4.78 is 30.5. The van der Waals surface area contributed by atoms with Crippen molar-refractivity contribution in [3.8, 4) is 17.3 Å². The monoisotopic (exact) mass is 536 g/mol. The van der Waals surface area contributed by atoms with Gasteiger partial charge in [0.15, 0.2) is 32.2 Å². The number of hydrogen-bond donors (Lipinski definition) is 1. The summed E-state index contributed by atoms with van der Waals surface area (Å²) in [5, 5.41) is 3.05. The van der Waals surface area contributed by atoms with E-state index in [2.05, 4.69) is 30.2 Å². The minimum Gasteiger partial charge on any atom is -0.480 e. The van der Waals surface area contributed by atoms with Crippen LogP contribution in [-0.2, 0) is 16.4 Å². The predicted molar refractivity (Wildman–Crippen MR) is 141 cm³/mol. The zero-order valence-electron chi connectivity index (χ0n) is 21.5. The van der Waals surface area contributed by atoms with Crippen LogP contribution in [0.25, 0.3) is 22.6 Å². The number of rotatable bonds is 9. The first-order valence-electron chi connectivity index (χ1n) is 12.3. The maximum absolute atomic E-state index is 13.6. The zero-order valence-corrected chi connectivity index (χ0v) is 22.4. The second-order valence-corrected chi connectivity index (χ2v) is 11.3. The average molecular weight is 537 g/mol. The molecule has 0 unspecified atom stereocenters. The topological polar surface area (TPSA) is 155 Å². The minimum absolute atomic E-state index is 0.0116. The maximum Gasteiger partial charge on any atom is 0.295 e. The van der Waals surface area contributed by atoms with Crippen molar-refractivity contribution in [1.82, 2.24) is 34.5 Å². The van der Waals surface area contributed by atoms with Crippen LogP contribution in [0.15, 0.2) is 40.7 Å². The number of pyridine rings is 1. The molecule has 0 aromatic carbocycles. The first-order valence-corrected chi connectivity index (χ1v) is 14.2. The first kappa shape index (κ1) is 25.6. The van der Waals surface area contributed by atoms with Gasteiger partial charge in [0.25, 0.3) is 5.56 Å². The van der Waals surface area contributed by atoms with E-state index in [9.17, 15) is 13.2 Å². The summed E-state index contributed by atoms with van der Waals surface area (Å²) in [4.78, 5) is 40.2. The molecule has 0 aliphatic heterocycles. The number of fused-ring (bicyclic) bond motifs is 1. The van der Waals surface area contributed by atoms with Crippen LogP contribution < -0.4 is 15.6 Å². The third-order valence-corrected chi connectivity index (χ3v) is 7.53. The number of hydrogen-bond acceptors (Lipinski definition) is 11. The van der Waals surface area contributed by atoms with Crippen molar-refractivity contribution in [1.29, 1.82) is 0 Å². The van der Waals surface area contributed by atoms with Crippen molar-refractivity contribution in [3.63, 3.8) is 0 Å². The van der Waals surface area contributed by atoms with Gasteiger partial charge in [0, 0.05) is 31.0 Å². The molecule has 1 aliphatic rings. The number of anilines is 1. The average Bonchev–Trinajstić information content (AvgIpc) is 3.76. The molecule has 198 valence electrons. The summed E-state index contributed by atoms with van der Waals surface area (Å²) in [6, 6.07) is 2.92. The maximum atomic E-state index is 13.6. The van der Waals surface area contributed by atoms with Crippen LogP contribution >= 0.6 is 0 Å². The van der Waals surface area contributed by atoms with E-state index in [0.29, 0.717) is 46.3 Å². The third kappa shape index (κ3) is 4.93. The van der Waals surface area contributed by atoms with Gasteiger partial charge in [-0.15, -0.1) is 0 Å². The number of nitrogens with one attached hydrogen (secondary N) is 1. The number of aromatic nitrogens is 7. The van der Waals surface area contributed by atoms with Gasteiger partial charge in [-0.3, -0.25) is 9.36 Å². The Morgan fingerprint density at radius 3 is 2.55 bits per heavy atom. The molecule has 0 radical (unpaired) electrons. The SMILES string of the molecule is CC[C@H](C)n1c(=O)c(NCc2ccc(S(C)(=O)=O)nc2)nc2cnc(-c3c(OC)ncnc3C3CC3)nc21. The molecule has 4 aromatic rings. The Morgan fingerprint density at radius 1 is 1.13 bits per heavy atom. The van der Waals surface area contributed by atoms with Gasteiger partial charge in [0.1, 0.15) is 17.4 Å². The van der Waals surface area contributed by atoms with Crippen molar-refractivity contribution in [2.75, 3.05) is 18.7 Å². The molecule has 0 bridgehead atoms. The largest absolute Gasteiger partial charge is 0.480 e. The molecule has 1 fully saturated rings. The Labute approximate surface area is 219 Å². The molecule has 0 saturated heterocycles. The lowest BCUT2D eigenvalue weighted by molar-refractivity contribution is 0.397. The van der Waals surface area contributed by atoms with Crippen LogP contribution in [0.3, 0.4) is 0 Å². The third-order valence-electron chi connectivity index (χ3n) is 6.52. The van der Waals surface area contributed by atoms with Crippen molar-refractivity contribution < 1.29 is 13.2 Å². The smallest absolute Gasteiger partial charge is 0.295 e. The fourth-order valence-electron chi connectivity index (χ4n) is 4.16. The Bertz CT molecular complexity index is 1670. The Morgan fingerprint density at radius 2 is 1.92 bits per heavy atom. The molecule has 0 spiro atoms. The van der Waals surface area contributed by atoms with E-state index in [-0.39, 0.29) is 29.0 Å². The lowest BCUT2D eigenvalue weighted by atomic mass is 10.1. The Balaban J connectivity index is 1.56. The van der Waals surface area contributed by atoms with Crippen LogP contribution in [0.4, 0.5) is 5.82 Å². The number of methoxy groups -OCH3 is 1. The van der Waals surface area contributed by atoms with Crippen molar-refractivity contribution in [3.05, 3.63) is 52.5 Å². The van der Waals surface area contributed by atoms with Gasteiger partial charge in [-0.05, 0) is 37.8 Å². The van der Waals surface area contributed by atoms with Crippen LogP contribution in [0.2, 0.25) is 0 Å². The van der Waals surface area contributed by atoms with Crippen LogP contribution in [0, 0.1) is 0 Å². The van der Waals surface area contributed by atoms with Gasteiger partial charge in [0.05, 0.1) is 19.0 Å². The molecular weight excluding hydrogens is 508 g/mol. The van der Waals surface area contributed by atoms with Gasteiger partial charge in [-0.25, -0.2) is 38.3 Å². The van der Waals surface area contributed by atoms with Gasteiger partial charge in [-0.1, -0.05) is 13.0 Å². The highest BCUT2D eigenvalue weighted by molar-refractivity contribution is 7.90. The summed E-state index contributed by atoms with van der Waals surface area (Å²) >= 11 is 0. The van der Waals surface area contributed by atoms with E-state index < -0.39 is 9.84 Å². The standard InChI is InChI=1S/C25H28N8O4S/c1-5-14(2)33-23-17(12-28-21(32-23)19-20(16-7-8-16)29-13-30-24(19)37-3)31-22(25(33)34)27-11-15-6-9-18(26-10-15)38(4,35)36/h6,9-10,12-14,16H,5,7-8,11H2,1-4H3,(H,27,31)/t14-/m0/s1. The van der Waals surface area contributed by atoms with E-state index >= 15 is 0 Å². The molecule has 1 aliphatic carbocycles. The molecule has 1 atom stereocenters. The molecule has 13 heteroatoms. The van der Waals surface area contributed by atoms with Gasteiger partial charge >= 0.3 is 0 Å². The van der Waals surface area contributed by atoms with Gasteiger partial charge in [0.2, 0.25) is 5.88 Å². The van der Waals surface area contributed by atoms with Crippen LogP contribution in [0.5, 0.6) is 5.88 Å². The lowest BCUT2D eigenvalue weighted by Crippen LogP contribution is -2.28. The summed E-state index contributed by atoms with van der Waals surface area (Å²) in [7, 11) is -1.85. The minimum atomic E-state index is -3.39. The summed E-state index contributed by atoms with van der Waals surface area (Å²) in [6.07, 6.45) is 8.38. The van der Waals surface area contributed by atoms with Crippen molar-refractivity contribution in [2.45, 2.75) is 56.6 Å². The van der Waals surface area contributed by atoms with Crippen molar-refractivity contribution >= 4 is 26.8 Å². The Kier molecular flexibility index (Phi) is 6.78. The molecular formula is C25H28N8O4S. The van der Waals surface area contributed by atoms with Crippen LogP contribution in [-0.4, -0.2) is 56.3 Å². The molecule has 1 saturated carbocycles. The predicted octanol–water partition coefficient (Wildman–Crippen LogP) is 2.91. The molecule has 0 amide bonds. The molecule has 4 aromatic heterocycles. The fraction of sp³-hybridized carbons (Fsp3) is 0.400. The van der Waals surface area contributed by atoms with Gasteiger partial charge < -0.3 is 10.1 Å². The number of sulfone groups is 1. The molecule has 12 nitrogen and oxygen atoms in total. The molecule has 5 rings (SSSR count). The quantitative estimate of drug-likeness (QED) is 0.336. The zero-order chi connectivity index (χ0) is 27.0. The van der Waals surface area contributed by atoms with E-state index in [1.54, 1.807) is 23.9 Å². The normalized spacial score (nSPS) is 14.4. The molecule has 1 N–H and O–H groups in total. The molecule has 38 heavy (non-hydrogen) atoms. The highest BCUT2D eigenvalue weighted by Gasteiger charge is 2.31. The summed E-state index contributed by atoms with van der Waals surface area (Å²) in [5.41, 5.74) is 2.71. The Hall–Kier alpha value is -4.00. The highest BCUT2D eigenvalue weighted by atomic mass is 32.2. The summed E-state index contributed by atoms with van der Waals surface area (Å²) in [6.45, 7) is 4.17. The highest BCUT2D eigenvalue weighted by Crippen LogP contribution is 2.44. The van der Waals surface area contributed by atoms with E-state index in [0.717, 1.165) is 24.8 Å². The van der Waals surface area contributed by atoms with E-state index in [1.807, 2.05) is 13.8 Å². The fourth-order valence-corrected chi connectivity index (χ4v) is 4.72. The summed E-state index contributed by atoms with van der Waals surface area (Å²) in [5.74, 6) is 1.22. The van der Waals surface area contributed by atoms with E-state index in [1.165, 1.54) is 18.6 Å². The first-order chi connectivity index (χ1) is 18.2. The second-order valence-electron chi connectivity index (χ2n) is 9.34. The van der Waals surface area contributed by atoms with Crippen LogP contribution in [0.1, 0.15) is 56.3 Å². The number of ether oxygens (including phenoxy) is 1. The second kappa shape index (κ2) is 10.0. The molecule has 4 heterocycles.